The monoisotopic (exact) mass is 412 g/mol. The van der Waals surface area contributed by atoms with Gasteiger partial charge >= 0.3 is 0 Å². The molecule has 7 nitrogen and oxygen atoms in total. The van der Waals surface area contributed by atoms with Gasteiger partial charge in [0.05, 0.1) is 6.61 Å². The number of para-hydroxylation sites is 1. The molecule has 1 saturated heterocycles. The van der Waals surface area contributed by atoms with Gasteiger partial charge in [-0.25, -0.2) is 0 Å². The molecule has 2 aromatic rings. The lowest BCUT2D eigenvalue weighted by molar-refractivity contribution is -0.123. The van der Waals surface area contributed by atoms with Gasteiger partial charge in [-0.2, -0.15) is 0 Å². The standard InChI is InChI=1S/C21H20N2O5S/c1-2-26-18-13-14(12-16-19(24)22-21(29)23-20(16)25)8-9-17(18)28-11-10-27-15-6-4-3-5-7-15/h3-9,12-13H,2,10-11H2,1H3,(H2,22,23,24,25,29). The fourth-order valence-electron chi connectivity index (χ4n) is 2.60. The molecule has 0 aromatic heterocycles. The topological polar surface area (TPSA) is 85.9 Å². The second-order valence-electron chi connectivity index (χ2n) is 5.94. The molecule has 1 aliphatic rings. The van der Waals surface area contributed by atoms with E-state index in [0.29, 0.717) is 36.9 Å². The van der Waals surface area contributed by atoms with Crippen LogP contribution in [0.1, 0.15) is 12.5 Å². The van der Waals surface area contributed by atoms with Gasteiger partial charge in [0.25, 0.3) is 11.8 Å². The van der Waals surface area contributed by atoms with Gasteiger partial charge in [0.1, 0.15) is 24.5 Å². The number of ether oxygens (including phenoxy) is 3. The Morgan fingerprint density at radius 3 is 2.28 bits per heavy atom. The Morgan fingerprint density at radius 1 is 0.897 bits per heavy atom. The minimum absolute atomic E-state index is 0.00590. The van der Waals surface area contributed by atoms with Gasteiger partial charge in [-0.05, 0) is 55.0 Å². The number of hydrogen-bond donors (Lipinski definition) is 2. The Labute approximate surface area is 173 Å². The fraction of sp³-hybridized carbons (Fsp3) is 0.190. The zero-order valence-corrected chi connectivity index (χ0v) is 16.6. The summed E-state index contributed by atoms with van der Waals surface area (Å²) in [6.07, 6.45) is 1.47. The molecular weight excluding hydrogens is 392 g/mol. The summed E-state index contributed by atoms with van der Waals surface area (Å²) < 4.78 is 17.0. The predicted octanol–water partition coefficient (Wildman–Crippen LogP) is 2.46. The van der Waals surface area contributed by atoms with Crippen LogP contribution in [-0.2, 0) is 9.59 Å². The molecule has 2 N–H and O–H groups in total. The largest absolute Gasteiger partial charge is 0.490 e. The SMILES string of the molecule is CCOc1cc(C=C2C(=O)NC(=S)NC2=O)ccc1OCCOc1ccccc1. The molecule has 0 unspecified atom stereocenters. The van der Waals surface area contributed by atoms with Crippen molar-refractivity contribution < 1.29 is 23.8 Å². The highest BCUT2D eigenvalue weighted by Gasteiger charge is 2.25. The molecule has 2 aromatic carbocycles. The van der Waals surface area contributed by atoms with E-state index in [0.717, 1.165) is 5.75 Å². The van der Waals surface area contributed by atoms with Crippen LogP contribution in [0.2, 0.25) is 0 Å². The summed E-state index contributed by atoms with van der Waals surface area (Å²) >= 11 is 4.79. The number of carbonyl (C=O) groups is 2. The van der Waals surface area contributed by atoms with Crippen LogP contribution >= 0.6 is 12.2 Å². The quantitative estimate of drug-likeness (QED) is 0.300. The van der Waals surface area contributed by atoms with E-state index < -0.39 is 11.8 Å². The lowest BCUT2D eigenvalue weighted by Crippen LogP contribution is -2.51. The molecule has 0 aliphatic carbocycles. The van der Waals surface area contributed by atoms with Crippen molar-refractivity contribution in [1.29, 1.82) is 0 Å². The van der Waals surface area contributed by atoms with Crippen molar-refractivity contribution in [2.75, 3.05) is 19.8 Å². The fourth-order valence-corrected chi connectivity index (χ4v) is 2.79. The molecule has 150 valence electrons. The van der Waals surface area contributed by atoms with E-state index in [1.54, 1.807) is 18.2 Å². The third-order valence-electron chi connectivity index (χ3n) is 3.87. The Morgan fingerprint density at radius 2 is 1.59 bits per heavy atom. The maximum absolute atomic E-state index is 12.0. The number of amides is 2. The highest BCUT2D eigenvalue weighted by molar-refractivity contribution is 7.80. The number of rotatable bonds is 8. The third-order valence-corrected chi connectivity index (χ3v) is 4.08. The highest BCUT2D eigenvalue weighted by atomic mass is 32.1. The molecule has 0 saturated carbocycles. The molecule has 2 amide bonds. The maximum Gasteiger partial charge on any atom is 0.263 e. The first-order valence-corrected chi connectivity index (χ1v) is 9.43. The molecule has 1 fully saturated rings. The van der Waals surface area contributed by atoms with E-state index in [1.807, 2.05) is 37.3 Å². The summed E-state index contributed by atoms with van der Waals surface area (Å²) in [6, 6.07) is 14.6. The van der Waals surface area contributed by atoms with Gasteiger partial charge < -0.3 is 14.2 Å². The van der Waals surface area contributed by atoms with Crippen molar-refractivity contribution in [2.24, 2.45) is 0 Å². The van der Waals surface area contributed by atoms with Gasteiger partial charge in [0.2, 0.25) is 0 Å². The molecule has 0 bridgehead atoms. The van der Waals surface area contributed by atoms with Crippen molar-refractivity contribution in [3.8, 4) is 17.2 Å². The van der Waals surface area contributed by atoms with E-state index in [-0.39, 0.29) is 10.7 Å². The van der Waals surface area contributed by atoms with Crippen molar-refractivity contribution in [1.82, 2.24) is 10.6 Å². The maximum atomic E-state index is 12.0. The second-order valence-corrected chi connectivity index (χ2v) is 6.35. The molecule has 0 atom stereocenters. The van der Waals surface area contributed by atoms with E-state index in [1.165, 1.54) is 6.08 Å². The average molecular weight is 412 g/mol. The van der Waals surface area contributed by atoms with E-state index in [2.05, 4.69) is 10.6 Å². The number of hydrogen-bond acceptors (Lipinski definition) is 6. The second kappa shape index (κ2) is 9.70. The first-order chi connectivity index (χ1) is 14.1. The normalized spacial score (nSPS) is 13.4. The number of benzene rings is 2. The Balaban J connectivity index is 1.68. The van der Waals surface area contributed by atoms with Crippen molar-refractivity contribution in [2.45, 2.75) is 6.92 Å². The molecule has 1 aliphatic heterocycles. The molecule has 0 radical (unpaired) electrons. The van der Waals surface area contributed by atoms with Gasteiger partial charge in [-0.15, -0.1) is 0 Å². The van der Waals surface area contributed by atoms with Crippen LogP contribution in [0.5, 0.6) is 17.2 Å². The minimum atomic E-state index is -0.546. The molecule has 29 heavy (non-hydrogen) atoms. The number of carbonyl (C=O) groups excluding carboxylic acids is 2. The van der Waals surface area contributed by atoms with Crippen LogP contribution in [0, 0.1) is 0 Å². The first-order valence-electron chi connectivity index (χ1n) is 9.02. The average Bonchev–Trinajstić information content (AvgIpc) is 2.70. The summed E-state index contributed by atoms with van der Waals surface area (Å²) in [5.74, 6) is 0.731. The van der Waals surface area contributed by atoms with Crippen LogP contribution < -0.4 is 24.8 Å². The lowest BCUT2D eigenvalue weighted by atomic mass is 10.1. The van der Waals surface area contributed by atoms with E-state index >= 15 is 0 Å². The molecule has 8 heteroatoms. The molecule has 3 rings (SSSR count). The summed E-state index contributed by atoms with van der Waals surface area (Å²) in [5, 5.41) is 4.80. The molecule has 1 heterocycles. The number of thiocarbonyl (C=S) groups is 1. The van der Waals surface area contributed by atoms with Gasteiger partial charge in [0.15, 0.2) is 16.6 Å². The number of nitrogens with one attached hydrogen (secondary N) is 2. The van der Waals surface area contributed by atoms with Crippen molar-refractivity contribution in [3.05, 3.63) is 59.7 Å². The highest BCUT2D eigenvalue weighted by Crippen LogP contribution is 2.29. The minimum Gasteiger partial charge on any atom is -0.490 e. The van der Waals surface area contributed by atoms with Crippen LogP contribution in [0.15, 0.2) is 54.1 Å². The van der Waals surface area contributed by atoms with Gasteiger partial charge in [-0.3, -0.25) is 20.2 Å². The Kier molecular flexibility index (Phi) is 6.80. The summed E-state index contributed by atoms with van der Waals surface area (Å²) in [4.78, 5) is 24.0. The summed E-state index contributed by atoms with van der Waals surface area (Å²) in [5.41, 5.74) is 0.584. The van der Waals surface area contributed by atoms with Crippen molar-refractivity contribution in [3.63, 3.8) is 0 Å². The van der Waals surface area contributed by atoms with Gasteiger partial charge in [-0.1, -0.05) is 24.3 Å². The van der Waals surface area contributed by atoms with Crippen LogP contribution in [0.25, 0.3) is 6.08 Å². The predicted molar refractivity (Wildman–Crippen MR) is 112 cm³/mol. The van der Waals surface area contributed by atoms with Crippen LogP contribution in [0.4, 0.5) is 0 Å². The van der Waals surface area contributed by atoms with Gasteiger partial charge in [0, 0.05) is 0 Å². The lowest BCUT2D eigenvalue weighted by Gasteiger charge is -2.17. The third kappa shape index (κ3) is 5.55. The zero-order chi connectivity index (χ0) is 20.6. The Bertz CT molecular complexity index is 921. The molecular formula is C21H20N2O5S. The Hall–Kier alpha value is -3.39. The first kappa shape index (κ1) is 20.3. The summed E-state index contributed by atoms with van der Waals surface area (Å²) in [6.45, 7) is 3.00. The van der Waals surface area contributed by atoms with E-state index in [4.69, 9.17) is 26.4 Å². The van der Waals surface area contributed by atoms with Crippen molar-refractivity contribution >= 4 is 35.2 Å². The van der Waals surface area contributed by atoms with Crippen LogP contribution in [-0.4, -0.2) is 36.7 Å². The molecule has 0 spiro atoms. The van der Waals surface area contributed by atoms with Crippen LogP contribution in [0.3, 0.4) is 0 Å². The van der Waals surface area contributed by atoms with E-state index in [9.17, 15) is 9.59 Å². The zero-order valence-electron chi connectivity index (χ0n) is 15.8. The smallest absolute Gasteiger partial charge is 0.263 e. The summed E-state index contributed by atoms with van der Waals surface area (Å²) in [7, 11) is 0.